The summed E-state index contributed by atoms with van der Waals surface area (Å²) in [5, 5.41) is 0.491. The number of rotatable bonds is 7. The Morgan fingerprint density at radius 1 is 1.17 bits per heavy atom. The molecule has 194 valence electrons. The van der Waals surface area contributed by atoms with Gasteiger partial charge in [-0.2, -0.15) is 13.2 Å². The van der Waals surface area contributed by atoms with E-state index in [1.165, 1.54) is 12.3 Å². The number of pyridine rings is 1. The van der Waals surface area contributed by atoms with Crippen LogP contribution in [0.2, 0.25) is 0 Å². The van der Waals surface area contributed by atoms with E-state index in [-0.39, 0.29) is 11.5 Å². The fourth-order valence-corrected chi connectivity index (χ4v) is 5.45. The summed E-state index contributed by atoms with van der Waals surface area (Å²) in [5.74, 6) is -0.397. The predicted molar refractivity (Wildman–Crippen MR) is 131 cm³/mol. The highest BCUT2D eigenvalue weighted by Gasteiger charge is 2.45. The minimum absolute atomic E-state index is 0.0401. The molecule has 2 aliphatic heterocycles. The molecule has 0 saturated carbocycles. The van der Waals surface area contributed by atoms with Gasteiger partial charge in [-0.25, -0.2) is 0 Å². The van der Waals surface area contributed by atoms with Gasteiger partial charge in [0.15, 0.2) is 12.8 Å². The predicted octanol–water partition coefficient (Wildman–Crippen LogP) is 5.02. The van der Waals surface area contributed by atoms with Gasteiger partial charge in [0.1, 0.15) is 10.8 Å². The number of benzene rings is 1. The average molecular weight is 524 g/mol. The number of aromatic nitrogens is 1. The zero-order chi connectivity index (χ0) is 26.4. The van der Waals surface area contributed by atoms with Crippen molar-refractivity contribution in [1.82, 2.24) is 4.98 Å². The number of alkyl halides is 3. The van der Waals surface area contributed by atoms with Crippen LogP contribution >= 0.6 is 0 Å². The van der Waals surface area contributed by atoms with Gasteiger partial charge < -0.3 is 14.4 Å². The minimum atomic E-state index is -4.47. The molecule has 0 N–H and O–H groups in total. The highest BCUT2D eigenvalue weighted by molar-refractivity contribution is 7.88. The van der Waals surface area contributed by atoms with E-state index in [2.05, 4.69) is 4.98 Å². The van der Waals surface area contributed by atoms with E-state index < -0.39 is 41.2 Å². The lowest BCUT2D eigenvalue weighted by molar-refractivity contribution is -0.157. The molecule has 0 spiro atoms. The molecule has 0 radical (unpaired) electrons. The van der Waals surface area contributed by atoms with E-state index in [0.29, 0.717) is 22.8 Å². The minimum Gasteiger partial charge on any atom is -0.484 e. The van der Waals surface area contributed by atoms with Gasteiger partial charge in [0.25, 0.3) is 0 Å². The molecule has 1 saturated heterocycles. The molecular weight excluding hydrogens is 495 g/mol. The number of halogens is 3. The van der Waals surface area contributed by atoms with E-state index in [0.717, 1.165) is 17.1 Å². The van der Waals surface area contributed by atoms with Crippen LogP contribution in [0.5, 0.6) is 5.75 Å². The maximum atomic E-state index is 13.8. The van der Waals surface area contributed by atoms with Crippen molar-refractivity contribution in [1.29, 1.82) is 0 Å². The summed E-state index contributed by atoms with van der Waals surface area (Å²) in [6.45, 7) is 7.75. The number of anilines is 2. The number of fused-ring (bicyclic) bond motifs is 3. The second-order valence-electron chi connectivity index (χ2n) is 9.73. The van der Waals surface area contributed by atoms with Crippen molar-refractivity contribution in [2.24, 2.45) is 5.41 Å². The van der Waals surface area contributed by atoms with Crippen molar-refractivity contribution < 1.29 is 31.6 Å². The van der Waals surface area contributed by atoms with Crippen LogP contribution in [-0.4, -0.2) is 40.7 Å². The average Bonchev–Trinajstić information content (AvgIpc) is 3.58. The lowest BCUT2D eigenvalue weighted by Crippen LogP contribution is -2.41. The fraction of sp³-hybridized carbons (Fsp3) is 0.440. The van der Waals surface area contributed by atoms with Crippen LogP contribution in [0.15, 0.2) is 47.3 Å². The summed E-state index contributed by atoms with van der Waals surface area (Å²) in [4.78, 5) is 20.7. The Morgan fingerprint density at radius 3 is 2.47 bits per heavy atom. The normalized spacial score (nSPS) is 16.8. The molecule has 2 atom stereocenters. The number of esters is 1. The molecule has 0 bridgehead atoms. The number of para-hydroxylation sites is 2. The highest BCUT2D eigenvalue weighted by Crippen LogP contribution is 2.49. The Morgan fingerprint density at radius 2 is 1.83 bits per heavy atom. The van der Waals surface area contributed by atoms with Crippen molar-refractivity contribution in [3.8, 4) is 5.75 Å². The lowest BCUT2D eigenvalue weighted by atomic mass is 9.97. The molecule has 0 aliphatic carbocycles. The molecule has 1 aromatic carbocycles. The molecule has 0 amide bonds. The monoisotopic (exact) mass is 523 g/mol. The van der Waals surface area contributed by atoms with E-state index >= 15 is 0 Å². The van der Waals surface area contributed by atoms with Gasteiger partial charge in [-0.1, -0.05) is 12.1 Å². The standard InChI is InChI=1S/C25H28F3N3O4S/c1-15-17(29-11-10-21(15)34-14-25(26,27)28)13-36(33)22-20-12-30(20)18-8-6-7-9-19(18)31(22)16(2)35-23(32)24(3,4)5/h6-11,16H,12-14H2,1-5H3. The van der Waals surface area contributed by atoms with Crippen molar-refractivity contribution in [3.05, 3.63) is 58.5 Å². The number of carbonyl (C=O) groups is 1. The number of nitrogens with zero attached hydrogens (tertiary/aromatic N) is 3. The first-order chi connectivity index (χ1) is 16.8. The van der Waals surface area contributed by atoms with Crippen LogP contribution < -0.4 is 14.5 Å². The second kappa shape index (κ2) is 9.42. The summed E-state index contributed by atoms with van der Waals surface area (Å²) < 4.78 is 62.4. The molecule has 2 aromatic rings. The quantitative estimate of drug-likeness (QED) is 0.373. The third kappa shape index (κ3) is 5.35. The Bertz CT molecular complexity index is 1240. The Balaban J connectivity index is 1.64. The summed E-state index contributed by atoms with van der Waals surface area (Å²) in [7, 11) is -1.65. The Hall–Kier alpha value is -3.08. The fourth-order valence-electron chi connectivity index (χ4n) is 3.87. The summed E-state index contributed by atoms with van der Waals surface area (Å²) in [6.07, 6.45) is -3.88. The zero-order valence-electron chi connectivity index (χ0n) is 20.7. The Kier molecular flexibility index (Phi) is 6.80. The molecule has 4 rings (SSSR count). The third-order valence-corrected chi connectivity index (χ3v) is 7.21. The second-order valence-corrected chi connectivity index (χ2v) is 11.1. The van der Waals surface area contributed by atoms with Crippen LogP contribution in [0, 0.1) is 12.3 Å². The molecule has 7 nitrogen and oxygen atoms in total. The smallest absolute Gasteiger partial charge is 0.422 e. The number of hydrogen-bond donors (Lipinski definition) is 0. The van der Waals surface area contributed by atoms with Gasteiger partial charge in [0.05, 0.1) is 51.3 Å². The van der Waals surface area contributed by atoms with Crippen molar-refractivity contribution in [2.75, 3.05) is 23.0 Å². The summed E-state index contributed by atoms with van der Waals surface area (Å²) >= 11 is 0. The number of ether oxygens (including phenoxy) is 2. The van der Waals surface area contributed by atoms with Crippen LogP contribution in [0.3, 0.4) is 0 Å². The molecule has 2 unspecified atom stereocenters. The number of carbonyl (C=O) groups excluding carboxylic acids is 1. The molecule has 2 aliphatic rings. The SMILES string of the molecule is Cc1c(OCC(F)(F)F)ccnc1CS(=O)C1=C2CN2c2ccccc2N1C(C)OC(=O)C(C)(C)C. The topological polar surface area (TPSA) is 71.7 Å². The van der Waals surface area contributed by atoms with E-state index in [1.807, 2.05) is 29.2 Å². The lowest BCUT2D eigenvalue weighted by Gasteiger charge is -2.36. The summed E-state index contributed by atoms with van der Waals surface area (Å²) in [6, 6.07) is 8.93. The molecule has 36 heavy (non-hydrogen) atoms. The first kappa shape index (κ1) is 26.0. The molecule has 11 heteroatoms. The highest BCUT2D eigenvalue weighted by atomic mass is 32.2. The van der Waals surface area contributed by atoms with Gasteiger partial charge in [0.2, 0.25) is 0 Å². The zero-order valence-corrected chi connectivity index (χ0v) is 21.5. The van der Waals surface area contributed by atoms with E-state index in [4.69, 9.17) is 9.47 Å². The molecule has 1 fully saturated rings. The van der Waals surface area contributed by atoms with Gasteiger partial charge in [-0.15, -0.1) is 0 Å². The van der Waals surface area contributed by atoms with Crippen LogP contribution in [-0.2, 0) is 26.1 Å². The molecule has 3 heterocycles. The van der Waals surface area contributed by atoms with Crippen molar-refractivity contribution in [2.45, 2.75) is 52.8 Å². The van der Waals surface area contributed by atoms with Gasteiger partial charge >= 0.3 is 12.1 Å². The van der Waals surface area contributed by atoms with Crippen molar-refractivity contribution >= 4 is 28.1 Å². The first-order valence-electron chi connectivity index (χ1n) is 11.4. The van der Waals surface area contributed by atoms with E-state index in [9.17, 15) is 22.2 Å². The largest absolute Gasteiger partial charge is 0.484 e. The maximum Gasteiger partial charge on any atom is 0.422 e. The van der Waals surface area contributed by atoms with Gasteiger partial charge in [0, 0.05) is 11.8 Å². The van der Waals surface area contributed by atoms with Crippen molar-refractivity contribution in [3.63, 3.8) is 0 Å². The van der Waals surface area contributed by atoms with Gasteiger partial charge in [-0.3, -0.25) is 18.9 Å². The van der Waals surface area contributed by atoms with Crippen LogP contribution in [0.4, 0.5) is 24.5 Å². The molecule has 1 aromatic heterocycles. The first-order valence-corrected chi connectivity index (χ1v) is 12.7. The number of hydrogen-bond acceptors (Lipinski definition) is 7. The van der Waals surface area contributed by atoms with Crippen LogP contribution in [0.1, 0.15) is 39.0 Å². The van der Waals surface area contributed by atoms with Crippen LogP contribution in [0.25, 0.3) is 0 Å². The maximum absolute atomic E-state index is 13.8. The summed E-state index contributed by atoms with van der Waals surface area (Å²) in [5.41, 5.74) is 2.55. The van der Waals surface area contributed by atoms with E-state index in [1.54, 1.807) is 39.5 Å². The van der Waals surface area contributed by atoms with Gasteiger partial charge in [-0.05, 0) is 52.8 Å². The Labute approximate surface area is 210 Å². The molecular formula is C25H28F3N3O4S. The third-order valence-electron chi connectivity index (χ3n) is 5.82.